The summed E-state index contributed by atoms with van der Waals surface area (Å²) in [6.07, 6.45) is 0. The van der Waals surface area contributed by atoms with Gasteiger partial charge in [-0.2, -0.15) is 0 Å². The van der Waals surface area contributed by atoms with Crippen LogP contribution in [-0.2, 0) is 0 Å². The maximum absolute atomic E-state index is 2.41. The Labute approximate surface area is 501 Å². The summed E-state index contributed by atoms with van der Waals surface area (Å²) in [5, 5.41) is 4.97. The van der Waals surface area contributed by atoms with Crippen molar-refractivity contribution in [1.82, 2.24) is 9.13 Å². The summed E-state index contributed by atoms with van der Waals surface area (Å²) in [5.41, 5.74) is 28.7. The lowest BCUT2D eigenvalue weighted by molar-refractivity contribution is 1.18. The lowest BCUT2D eigenvalue weighted by atomic mass is 9.94. The smallest absolute Gasteiger partial charge is 0.0541 e. The molecule has 0 spiro atoms. The van der Waals surface area contributed by atoms with Gasteiger partial charge in [-0.3, -0.25) is 0 Å². The Morgan fingerprint density at radius 3 is 0.663 bits per heavy atom. The first-order valence-corrected chi connectivity index (χ1v) is 29.6. The average Bonchev–Trinajstić information content (AvgIpc) is 2.52. The van der Waals surface area contributed by atoms with Crippen LogP contribution in [0.15, 0.2) is 340 Å². The third-order valence-electron chi connectivity index (χ3n) is 17.4. The van der Waals surface area contributed by atoms with E-state index in [-0.39, 0.29) is 0 Å². The molecule has 0 atom stereocenters. The minimum Gasteiger partial charge on any atom is -0.309 e. The lowest BCUT2D eigenvalue weighted by Crippen LogP contribution is -1.94. The van der Waals surface area contributed by atoms with Crippen molar-refractivity contribution in [2.45, 2.75) is 0 Å². The van der Waals surface area contributed by atoms with Crippen molar-refractivity contribution in [3.05, 3.63) is 340 Å². The average molecular weight is 1090 g/mol. The molecule has 0 N–H and O–H groups in total. The number of fused-ring (bicyclic) bond motifs is 6. The van der Waals surface area contributed by atoms with Crippen LogP contribution < -0.4 is 0 Å². The molecule has 0 aliphatic carbocycles. The second kappa shape index (κ2) is 21.5. The lowest BCUT2D eigenvalue weighted by Gasteiger charge is -2.11. The Hall–Kier alpha value is -11.3. The predicted octanol–water partition coefficient (Wildman–Crippen LogP) is 22.9. The van der Waals surface area contributed by atoms with E-state index >= 15 is 0 Å². The summed E-state index contributed by atoms with van der Waals surface area (Å²) in [7, 11) is 0. The summed E-state index contributed by atoms with van der Waals surface area (Å²) in [6, 6.07) is 124. The van der Waals surface area contributed by atoms with E-state index in [1.807, 2.05) is 0 Å². The van der Waals surface area contributed by atoms with Crippen LogP contribution in [0.1, 0.15) is 0 Å². The molecule has 16 aromatic rings. The fraction of sp³-hybridized carbons (Fsp3) is 0. The molecule has 0 aliphatic heterocycles. The van der Waals surface area contributed by atoms with E-state index in [0.29, 0.717) is 0 Å². The number of para-hydroxylation sites is 2. The largest absolute Gasteiger partial charge is 0.309 e. The Morgan fingerprint density at radius 2 is 0.337 bits per heavy atom. The van der Waals surface area contributed by atoms with Gasteiger partial charge in [-0.1, -0.05) is 267 Å². The van der Waals surface area contributed by atoms with Crippen LogP contribution in [0.5, 0.6) is 0 Å². The highest BCUT2D eigenvalue weighted by atomic mass is 15.0. The first-order chi connectivity index (χ1) is 42.6. The molecule has 0 aliphatic rings. The number of benzene rings is 14. The van der Waals surface area contributed by atoms with Crippen molar-refractivity contribution >= 4 is 43.6 Å². The summed E-state index contributed by atoms with van der Waals surface area (Å²) in [5.74, 6) is 0. The monoisotopic (exact) mass is 1090 g/mol. The van der Waals surface area contributed by atoms with Gasteiger partial charge in [0.2, 0.25) is 0 Å². The molecule has 0 unspecified atom stereocenters. The fourth-order valence-electron chi connectivity index (χ4n) is 12.9. The van der Waals surface area contributed by atoms with Gasteiger partial charge < -0.3 is 9.13 Å². The standard InChI is InChI=1S/C84H56N2/c1-3-13-57(14-4-1)59-25-27-60(28-26-59)62-33-37-67(38-34-62)69-17-11-19-71(53-69)72-20-12-18-70(54-72)68-39-35-63(36-40-68)61-29-31-64(32-30-61)66-43-49-76(50-44-66)86-82-24-10-8-22-78(82)80-56-74(46-52-84(80)86)73-45-51-83-79(55-73)77-21-7-9-23-81(77)85(83)75-47-41-65(42-48-75)58-15-5-2-6-16-58/h1-56H. The van der Waals surface area contributed by atoms with Crippen LogP contribution >= 0.6 is 0 Å². The molecule has 0 saturated carbocycles. The third-order valence-corrected chi connectivity index (χ3v) is 17.4. The molecular weight excluding hydrogens is 1040 g/mol. The van der Waals surface area contributed by atoms with Crippen LogP contribution in [0.3, 0.4) is 0 Å². The number of rotatable bonds is 11. The van der Waals surface area contributed by atoms with Crippen molar-refractivity contribution in [1.29, 1.82) is 0 Å². The normalized spacial score (nSPS) is 11.5. The molecule has 2 heterocycles. The zero-order chi connectivity index (χ0) is 56.9. The van der Waals surface area contributed by atoms with E-state index in [1.54, 1.807) is 0 Å². The molecule has 86 heavy (non-hydrogen) atoms. The molecular formula is C84H56N2. The van der Waals surface area contributed by atoms with Crippen molar-refractivity contribution < 1.29 is 0 Å². The van der Waals surface area contributed by atoms with Crippen LogP contribution in [0.25, 0.3) is 155 Å². The Balaban J connectivity index is 0.616. The maximum Gasteiger partial charge on any atom is 0.0541 e. The Morgan fingerprint density at radius 1 is 0.128 bits per heavy atom. The molecule has 16 rings (SSSR count). The number of hydrogen-bond donors (Lipinski definition) is 0. The SMILES string of the molecule is c1ccc(-c2ccc(-c3ccc(-c4cccc(-c5cccc(-c6ccc(-c7ccc(-c8ccc(-n9c%10ccccc%10c%10cc(-c%11ccc%12c(c%11)c%11ccccc%11n%12-c%11ccc(-c%12ccccc%12)cc%11)ccc%109)cc8)cc7)cc6)c5)c4)cc3)cc2)cc1. The minimum atomic E-state index is 1.14. The highest BCUT2D eigenvalue weighted by Gasteiger charge is 2.17. The Bertz CT molecular complexity index is 5130. The highest BCUT2D eigenvalue weighted by Crippen LogP contribution is 2.40. The number of nitrogens with zero attached hydrogens (tertiary/aromatic N) is 2. The van der Waals surface area contributed by atoms with Crippen molar-refractivity contribution in [2.24, 2.45) is 0 Å². The maximum atomic E-state index is 2.41. The van der Waals surface area contributed by atoms with Gasteiger partial charge in [0.05, 0.1) is 22.1 Å². The molecule has 0 radical (unpaired) electrons. The Kier molecular flexibility index (Phi) is 12.6. The summed E-state index contributed by atoms with van der Waals surface area (Å²) in [6.45, 7) is 0. The van der Waals surface area contributed by atoms with Gasteiger partial charge in [-0.05, 0) is 173 Å². The van der Waals surface area contributed by atoms with Gasteiger partial charge >= 0.3 is 0 Å². The number of aromatic nitrogens is 2. The van der Waals surface area contributed by atoms with Crippen LogP contribution in [0, 0.1) is 0 Å². The molecule has 2 aromatic heterocycles. The molecule has 402 valence electrons. The van der Waals surface area contributed by atoms with Gasteiger partial charge in [0, 0.05) is 32.9 Å². The molecule has 0 bridgehead atoms. The summed E-state index contributed by atoms with van der Waals surface area (Å²) in [4.78, 5) is 0. The van der Waals surface area contributed by atoms with Gasteiger partial charge in [-0.25, -0.2) is 0 Å². The van der Waals surface area contributed by atoms with E-state index in [0.717, 1.165) is 11.4 Å². The van der Waals surface area contributed by atoms with Gasteiger partial charge in [0.15, 0.2) is 0 Å². The van der Waals surface area contributed by atoms with Gasteiger partial charge in [-0.15, -0.1) is 0 Å². The predicted molar refractivity (Wildman–Crippen MR) is 364 cm³/mol. The van der Waals surface area contributed by atoms with Crippen LogP contribution in [0.4, 0.5) is 0 Å². The molecule has 14 aromatic carbocycles. The summed E-state index contributed by atoms with van der Waals surface area (Å²) >= 11 is 0. The molecule has 0 amide bonds. The van der Waals surface area contributed by atoms with E-state index in [2.05, 4.69) is 349 Å². The zero-order valence-corrected chi connectivity index (χ0v) is 47.2. The van der Waals surface area contributed by atoms with E-state index in [9.17, 15) is 0 Å². The molecule has 2 heteroatoms. The summed E-state index contributed by atoms with van der Waals surface area (Å²) < 4.78 is 4.81. The van der Waals surface area contributed by atoms with E-state index in [4.69, 9.17) is 0 Å². The molecule has 2 nitrogen and oxygen atoms in total. The highest BCUT2D eigenvalue weighted by molar-refractivity contribution is 6.13. The first-order valence-electron chi connectivity index (χ1n) is 29.6. The van der Waals surface area contributed by atoms with Gasteiger partial charge in [0.25, 0.3) is 0 Å². The van der Waals surface area contributed by atoms with Gasteiger partial charge in [0.1, 0.15) is 0 Å². The first kappa shape index (κ1) is 50.4. The van der Waals surface area contributed by atoms with Crippen LogP contribution in [0.2, 0.25) is 0 Å². The molecule has 0 fully saturated rings. The van der Waals surface area contributed by atoms with Crippen molar-refractivity contribution in [3.63, 3.8) is 0 Å². The quantitative estimate of drug-likeness (QED) is 0.122. The van der Waals surface area contributed by atoms with Crippen molar-refractivity contribution in [3.8, 4) is 112 Å². The van der Waals surface area contributed by atoms with E-state index in [1.165, 1.54) is 144 Å². The second-order valence-electron chi connectivity index (χ2n) is 22.5. The number of hydrogen-bond acceptors (Lipinski definition) is 0. The third kappa shape index (κ3) is 9.27. The topological polar surface area (TPSA) is 9.86 Å². The van der Waals surface area contributed by atoms with Crippen LogP contribution in [-0.4, -0.2) is 9.13 Å². The van der Waals surface area contributed by atoms with Crippen molar-refractivity contribution in [2.75, 3.05) is 0 Å². The zero-order valence-electron chi connectivity index (χ0n) is 47.2. The second-order valence-corrected chi connectivity index (χ2v) is 22.5. The molecule has 0 saturated heterocycles. The van der Waals surface area contributed by atoms with E-state index < -0.39 is 0 Å². The minimum absolute atomic E-state index is 1.14. The fourth-order valence-corrected chi connectivity index (χ4v) is 12.9.